The van der Waals surface area contributed by atoms with Gasteiger partial charge in [-0.3, -0.25) is 4.79 Å². The van der Waals surface area contributed by atoms with Crippen LogP contribution in [0.4, 0.5) is 0 Å². The second-order valence-electron chi connectivity index (χ2n) is 6.88. The summed E-state index contributed by atoms with van der Waals surface area (Å²) in [7, 11) is -3.61. The van der Waals surface area contributed by atoms with E-state index < -0.39 is 10.0 Å². The Morgan fingerprint density at radius 2 is 1.92 bits per heavy atom. The largest absolute Gasteiger partial charge is 0.337 e. The summed E-state index contributed by atoms with van der Waals surface area (Å²) in [6.45, 7) is 2.90. The predicted octanol–water partition coefficient (Wildman–Crippen LogP) is 1.81. The molecule has 1 amide bonds. The van der Waals surface area contributed by atoms with Crippen molar-refractivity contribution in [2.45, 2.75) is 56.0 Å². The van der Waals surface area contributed by atoms with Crippen molar-refractivity contribution in [3.63, 3.8) is 0 Å². The van der Waals surface area contributed by atoms with Crippen LogP contribution in [0.1, 0.15) is 48.0 Å². The molecule has 2 aliphatic rings. The van der Waals surface area contributed by atoms with Crippen LogP contribution in [0.2, 0.25) is 0 Å². The van der Waals surface area contributed by atoms with Crippen LogP contribution in [0, 0.1) is 6.92 Å². The third-order valence-corrected chi connectivity index (χ3v) is 6.58. The van der Waals surface area contributed by atoms with E-state index in [1.165, 1.54) is 6.07 Å². The number of likely N-dealkylation sites (tertiary alicyclic amines) is 1. The maximum atomic E-state index is 12.7. The van der Waals surface area contributed by atoms with Crippen molar-refractivity contribution < 1.29 is 13.2 Å². The second kappa shape index (κ2) is 8.03. The first kappa shape index (κ1) is 20.2. The van der Waals surface area contributed by atoms with Crippen LogP contribution in [0.3, 0.4) is 0 Å². The molecule has 1 aromatic rings. The van der Waals surface area contributed by atoms with E-state index >= 15 is 0 Å². The smallest absolute Gasteiger partial charge is 0.253 e. The summed E-state index contributed by atoms with van der Waals surface area (Å²) in [5.74, 6) is -0.153. The summed E-state index contributed by atoms with van der Waals surface area (Å²) in [6, 6.07) is 4.90. The fourth-order valence-corrected chi connectivity index (χ4v) is 5.08. The number of nitrogens with zero attached hydrogens (tertiary/aromatic N) is 1. The van der Waals surface area contributed by atoms with E-state index in [9.17, 15) is 13.2 Å². The van der Waals surface area contributed by atoms with E-state index in [-0.39, 0.29) is 35.3 Å². The van der Waals surface area contributed by atoms with E-state index in [0.29, 0.717) is 24.2 Å². The van der Waals surface area contributed by atoms with Crippen molar-refractivity contribution in [2.24, 2.45) is 5.73 Å². The quantitative estimate of drug-likeness (QED) is 0.824. The zero-order valence-corrected chi connectivity index (χ0v) is 16.0. The normalized spacial score (nSPS) is 21.4. The number of nitrogens with one attached hydrogen (secondary N) is 1. The number of amides is 1. The first-order chi connectivity index (χ1) is 11.4. The fourth-order valence-electron chi connectivity index (χ4n) is 3.50. The number of hydrogen-bond donors (Lipinski definition) is 2. The predicted molar refractivity (Wildman–Crippen MR) is 99.5 cm³/mol. The number of nitrogens with two attached hydrogens (primary N) is 1. The maximum absolute atomic E-state index is 12.7. The Bertz CT molecular complexity index is 733. The number of benzene rings is 1. The number of carbonyl (C=O) groups excluding carboxylic acids is 1. The van der Waals surface area contributed by atoms with Gasteiger partial charge >= 0.3 is 0 Å². The van der Waals surface area contributed by atoms with Crippen molar-refractivity contribution in [3.8, 4) is 0 Å². The molecule has 140 valence electrons. The fraction of sp³-hybridized carbons (Fsp3) is 0.588. The molecule has 8 heteroatoms. The molecular formula is C17H26ClN3O3S. The minimum absolute atomic E-state index is 0. The Kier molecular flexibility index (Phi) is 6.48. The molecule has 0 aromatic heterocycles. The Hall–Kier alpha value is -1.15. The van der Waals surface area contributed by atoms with Gasteiger partial charge in [0, 0.05) is 30.7 Å². The summed E-state index contributed by atoms with van der Waals surface area (Å²) in [6.07, 6.45) is 4.65. The highest BCUT2D eigenvalue weighted by atomic mass is 35.5. The molecule has 3 N–H and O–H groups in total. The lowest BCUT2D eigenvalue weighted by Crippen LogP contribution is -2.34. The molecule has 6 nitrogen and oxygen atoms in total. The van der Waals surface area contributed by atoms with Crippen LogP contribution in [-0.4, -0.2) is 44.4 Å². The SMILES string of the molecule is Cc1ccc(C(=O)N2CC[C@@H](N)C2)cc1S(=O)(=O)NC1CCCC1.Cl. The van der Waals surface area contributed by atoms with Gasteiger partial charge < -0.3 is 10.6 Å². The topological polar surface area (TPSA) is 92.5 Å². The monoisotopic (exact) mass is 387 g/mol. The second-order valence-corrected chi connectivity index (χ2v) is 8.57. The number of hydrogen-bond acceptors (Lipinski definition) is 4. The van der Waals surface area contributed by atoms with Crippen LogP contribution < -0.4 is 10.5 Å². The Balaban J connectivity index is 0.00000225. The van der Waals surface area contributed by atoms with Crippen LogP contribution >= 0.6 is 12.4 Å². The lowest BCUT2D eigenvalue weighted by molar-refractivity contribution is 0.0790. The van der Waals surface area contributed by atoms with Crippen molar-refractivity contribution in [1.29, 1.82) is 0 Å². The summed E-state index contributed by atoms with van der Waals surface area (Å²) in [5, 5.41) is 0. The lowest BCUT2D eigenvalue weighted by atomic mass is 10.1. The van der Waals surface area contributed by atoms with Gasteiger partial charge in [0.25, 0.3) is 5.91 Å². The molecule has 1 saturated heterocycles. The number of carbonyl (C=O) groups is 1. The zero-order chi connectivity index (χ0) is 17.3. The summed E-state index contributed by atoms with van der Waals surface area (Å²) >= 11 is 0. The first-order valence-electron chi connectivity index (χ1n) is 8.54. The van der Waals surface area contributed by atoms with Crippen LogP contribution in [0.15, 0.2) is 23.1 Å². The number of halogens is 1. The molecule has 0 spiro atoms. The third kappa shape index (κ3) is 4.53. The van der Waals surface area contributed by atoms with Crippen molar-refractivity contribution in [1.82, 2.24) is 9.62 Å². The number of aryl methyl sites for hydroxylation is 1. The molecule has 0 unspecified atom stereocenters. The van der Waals surface area contributed by atoms with Crippen molar-refractivity contribution >= 4 is 28.3 Å². The molecule has 1 aliphatic carbocycles. The highest BCUT2D eigenvalue weighted by Gasteiger charge is 2.28. The molecule has 0 bridgehead atoms. The Labute approximate surface area is 155 Å². The molecule has 1 aliphatic heterocycles. The van der Waals surface area contributed by atoms with Crippen LogP contribution in [-0.2, 0) is 10.0 Å². The molecule has 3 rings (SSSR count). The molecule has 1 atom stereocenters. The molecule has 2 fully saturated rings. The van der Waals surface area contributed by atoms with Crippen molar-refractivity contribution in [2.75, 3.05) is 13.1 Å². The third-order valence-electron chi connectivity index (χ3n) is 4.91. The highest BCUT2D eigenvalue weighted by molar-refractivity contribution is 7.89. The Morgan fingerprint density at radius 3 is 2.52 bits per heavy atom. The Morgan fingerprint density at radius 1 is 1.24 bits per heavy atom. The van der Waals surface area contributed by atoms with Gasteiger partial charge in [-0.15, -0.1) is 12.4 Å². The van der Waals surface area contributed by atoms with E-state index in [4.69, 9.17) is 5.73 Å². The van der Waals surface area contributed by atoms with Crippen LogP contribution in [0.25, 0.3) is 0 Å². The van der Waals surface area contributed by atoms with E-state index in [1.54, 1.807) is 24.0 Å². The molecule has 1 saturated carbocycles. The first-order valence-corrected chi connectivity index (χ1v) is 10.0. The molecule has 1 heterocycles. The maximum Gasteiger partial charge on any atom is 0.253 e. The average molecular weight is 388 g/mol. The van der Waals surface area contributed by atoms with Gasteiger partial charge in [-0.2, -0.15) is 0 Å². The van der Waals surface area contributed by atoms with Gasteiger partial charge in [-0.25, -0.2) is 13.1 Å². The van der Waals surface area contributed by atoms with E-state index in [0.717, 1.165) is 32.1 Å². The average Bonchev–Trinajstić information content (AvgIpc) is 3.18. The molecular weight excluding hydrogens is 362 g/mol. The van der Waals surface area contributed by atoms with E-state index in [2.05, 4.69) is 4.72 Å². The highest BCUT2D eigenvalue weighted by Crippen LogP contribution is 2.23. The summed E-state index contributed by atoms with van der Waals surface area (Å²) in [5.41, 5.74) is 6.91. The molecule has 25 heavy (non-hydrogen) atoms. The standard InChI is InChI=1S/C17H25N3O3S.ClH/c1-12-6-7-13(17(21)20-9-8-14(18)11-20)10-16(12)24(22,23)19-15-4-2-3-5-15;/h6-7,10,14-15,19H,2-5,8-9,11,18H2,1H3;1H/t14-;/m1./s1. The van der Waals surface area contributed by atoms with Gasteiger partial charge in [0.2, 0.25) is 10.0 Å². The zero-order valence-electron chi connectivity index (χ0n) is 14.4. The number of rotatable bonds is 4. The van der Waals surface area contributed by atoms with Crippen molar-refractivity contribution in [3.05, 3.63) is 29.3 Å². The summed E-state index contributed by atoms with van der Waals surface area (Å²) < 4.78 is 28.2. The van der Waals surface area contributed by atoms with Gasteiger partial charge in [-0.1, -0.05) is 18.9 Å². The van der Waals surface area contributed by atoms with Gasteiger partial charge in [0.15, 0.2) is 0 Å². The lowest BCUT2D eigenvalue weighted by Gasteiger charge is -2.18. The summed E-state index contributed by atoms with van der Waals surface area (Å²) in [4.78, 5) is 14.5. The minimum Gasteiger partial charge on any atom is -0.337 e. The minimum atomic E-state index is -3.61. The van der Waals surface area contributed by atoms with Crippen LogP contribution in [0.5, 0.6) is 0 Å². The van der Waals surface area contributed by atoms with Gasteiger partial charge in [-0.05, 0) is 43.9 Å². The van der Waals surface area contributed by atoms with Gasteiger partial charge in [0.1, 0.15) is 0 Å². The van der Waals surface area contributed by atoms with Gasteiger partial charge in [0.05, 0.1) is 4.90 Å². The molecule has 0 radical (unpaired) electrons. The number of sulfonamides is 1. The van der Waals surface area contributed by atoms with E-state index in [1.807, 2.05) is 0 Å². The molecule has 1 aromatic carbocycles.